The Morgan fingerprint density at radius 3 is 2.88 bits per heavy atom. The standard InChI is InChI=1S/C18H18ClN5/c1-5-11(2)21-15-10-20-17(13-8-6-7-9-14(13)19)16-12(3)23-24(4)18(16)22-15/h1,6-9,11H,10H2,2-4H3,(H,21,22). The van der Waals surface area contributed by atoms with Crippen LogP contribution in [0, 0.1) is 19.3 Å². The summed E-state index contributed by atoms with van der Waals surface area (Å²) in [6, 6.07) is 7.45. The van der Waals surface area contributed by atoms with Gasteiger partial charge in [0.15, 0.2) is 0 Å². The van der Waals surface area contributed by atoms with Crippen molar-refractivity contribution in [1.82, 2.24) is 9.78 Å². The van der Waals surface area contributed by atoms with Crippen molar-refractivity contribution in [3.63, 3.8) is 0 Å². The number of anilines is 1. The minimum atomic E-state index is -0.220. The Kier molecular flexibility index (Phi) is 4.41. The number of terminal acetylenes is 1. The lowest BCUT2D eigenvalue weighted by Crippen LogP contribution is -2.19. The predicted octanol–water partition coefficient (Wildman–Crippen LogP) is 3.07. The number of aryl methyl sites for hydroxylation is 2. The van der Waals surface area contributed by atoms with Gasteiger partial charge >= 0.3 is 0 Å². The van der Waals surface area contributed by atoms with Gasteiger partial charge in [0, 0.05) is 17.6 Å². The third-order valence-corrected chi connectivity index (χ3v) is 4.16. The van der Waals surface area contributed by atoms with Crippen LogP contribution in [0.25, 0.3) is 0 Å². The molecule has 6 heteroatoms. The number of benzene rings is 1. The van der Waals surface area contributed by atoms with E-state index in [4.69, 9.17) is 23.0 Å². The van der Waals surface area contributed by atoms with Crippen molar-refractivity contribution in [2.75, 3.05) is 11.9 Å². The van der Waals surface area contributed by atoms with Crippen LogP contribution in [0.1, 0.15) is 23.7 Å². The maximum atomic E-state index is 6.39. The molecule has 5 nitrogen and oxygen atoms in total. The van der Waals surface area contributed by atoms with E-state index in [0.717, 1.165) is 28.4 Å². The number of hydrogen-bond acceptors (Lipinski definition) is 3. The quantitative estimate of drug-likeness (QED) is 0.855. The Balaban J connectivity index is 2.19. The van der Waals surface area contributed by atoms with E-state index in [0.29, 0.717) is 17.4 Å². The molecule has 0 saturated carbocycles. The third-order valence-electron chi connectivity index (χ3n) is 3.83. The van der Waals surface area contributed by atoms with E-state index in [2.05, 4.69) is 21.3 Å². The Bertz CT molecular complexity index is 885. The van der Waals surface area contributed by atoms with Gasteiger partial charge in [0.2, 0.25) is 0 Å². The molecule has 1 aromatic carbocycles. The first-order valence-electron chi connectivity index (χ1n) is 7.64. The van der Waals surface area contributed by atoms with Crippen LogP contribution in [0.3, 0.4) is 0 Å². The number of rotatable bonds is 2. The smallest absolute Gasteiger partial charge is 0.139 e. The van der Waals surface area contributed by atoms with Crippen molar-refractivity contribution >= 4 is 29.0 Å². The molecule has 0 aliphatic carbocycles. The minimum Gasteiger partial charge on any atom is -0.327 e. The molecular formula is C18H18ClN5. The van der Waals surface area contributed by atoms with E-state index < -0.39 is 0 Å². The Hall–Kier alpha value is -2.58. The summed E-state index contributed by atoms with van der Waals surface area (Å²) in [4.78, 5) is 9.26. The Morgan fingerprint density at radius 2 is 2.17 bits per heavy atom. The molecule has 2 heterocycles. The summed E-state index contributed by atoms with van der Waals surface area (Å²) in [6.07, 6.45) is 5.44. The molecule has 1 atom stereocenters. The van der Waals surface area contributed by atoms with E-state index in [1.54, 1.807) is 4.68 Å². The van der Waals surface area contributed by atoms with Gasteiger partial charge in [-0.1, -0.05) is 35.7 Å². The number of aromatic nitrogens is 2. The predicted molar refractivity (Wildman–Crippen MR) is 99.3 cm³/mol. The van der Waals surface area contributed by atoms with Crippen molar-refractivity contribution in [2.45, 2.75) is 19.9 Å². The summed E-state index contributed by atoms with van der Waals surface area (Å²) in [5.74, 6) is 4.16. The van der Waals surface area contributed by atoms with Crippen LogP contribution in [0.5, 0.6) is 0 Å². The fourth-order valence-corrected chi connectivity index (χ4v) is 2.94. The van der Waals surface area contributed by atoms with Crippen molar-refractivity contribution in [3.8, 4) is 12.3 Å². The molecule has 1 aliphatic rings. The summed E-state index contributed by atoms with van der Waals surface area (Å²) >= 11 is 6.39. The summed E-state index contributed by atoms with van der Waals surface area (Å²) in [5, 5.41) is 8.49. The highest BCUT2D eigenvalue weighted by atomic mass is 35.5. The highest BCUT2D eigenvalue weighted by Crippen LogP contribution is 2.28. The normalized spacial score (nSPS) is 16.6. The number of halogens is 1. The minimum absolute atomic E-state index is 0.220. The average Bonchev–Trinajstić information content (AvgIpc) is 2.73. The number of fused-ring (bicyclic) bond motifs is 1. The first kappa shape index (κ1) is 16.3. The van der Waals surface area contributed by atoms with Gasteiger partial charge in [0.1, 0.15) is 17.7 Å². The molecule has 1 unspecified atom stereocenters. The second-order valence-corrected chi connectivity index (χ2v) is 6.03. The fourth-order valence-electron chi connectivity index (χ4n) is 2.71. The lowest BCUT2D eigenvalue weighted by atomic mass is 10.0. The zero-order valence-corrected chi connectivity index (χ0v) is 14.6. The van der Waals surface area contributed by atoms with Crippen molar-refractivity contribution in [2.24, 2.45) is 17.0 Å². The number of nitrogens with zero attached hydrogens (tertiary/aromatic N) is 4. The molecule has 0 saturated heterocycles. The Morgan fingerprint density at radius 1 is 1.42 bits per heavy atom. The van der Waals surface area contributed by atoms with Crippen molar-refractivity contribution < 1.29 is 0 Å². The molecule has 122 valence electrons. The molecule has 0 fully saturated rings. The number of aliphatic imine (C=N–C) groups is 2. The van der Waals surface area contributed by atoms with E-state index >= 15 is 0 Å². The maximum Gasteiger partial charge on any atom is 0.139 e. The molecule has 1 N–H and O–H groups in total. The SMILES string of the molecule is C#CC(C)N=C1CN=C(c2ccccc2Cl)c2c(C)nn(C)c2N1. The fraction of sp³-hybridized carbons (Fsp3) is 0.278. The molecule has 1 aromatic heterocycles. The van der Waals surface area contributed by atoms with E-state index in [1.807, 2.05) is 45.2 Å². The van der Waals surface area contributed by atoms with Gasteiger partial charge in [-0.25, -0.2) is 0 Å². The van der Waals surface area contributed by atoms with Gasteiger partial charge in [0.25, 0.3) is 0 Å². The van der Waals surface area contributed by atoms with Crippen LogP contribution in [-0.4, -0.2) is 33.9 Å². The summed E-state index contributed by atoms with van der Waals surface area (Å²) in [7, 11) is 1.89. The lowest BCUT2D eigenvalue weighted by molar-refractivity contribution is 0.765. The van der Waals surface area contributed by atoms with Crippen LogP contribution < -0.4 is 5.32 Å². The monoisotopic (exact) mass is 339 g/mol. The number of amidine groups is 1. The molecule has 0 bridgehead atoms. The van der Waals surface area contributed by atoms with Crippen LogP contribution in [0.2, 0.25) is 5.02 Å². The maximum absolute atomic E-state index is 6.39. The van der Waals surface area contributed by atoms with Gasteiger partial charge < -0.3 is 5.32 Å². The second-order valence-electron chi connectivity index (χ2n) is 5.62. The highest BCUT2D eigenvalue weighted by Gasteiger charge is 2.25. The van der Waals surface area contributed by atoms with Gasteiger partial charge in [-0.3, -0.25) is 14.7 Å². The average molecular weight is 340 g/mol. The number of nitrogens with one attached hydrogen (secondary N) is 1. The van der Waals surface area contributed by atoms with E-state index in [9.17, 15) is 0 Å². The van der Waals surface area contributed by atoms with Crippen LogP contribution in [0.4, 0.5) is 5.82 Å². The molecule has 3 rings (SSSR count). The lowest BCUT2D eigenvalue weighted by Gasteiger charge is -2.09. The second kappa shape index (κ2) is 6.50. The molecule has 0 amide bonds. The summed E-state index contributed by atoms with van der Waals surface area (Å²) in [5.41, 5.74) is 3.51. The van der Waals surface area contributed by atoms with Gasteiger partial charge in [-0.15, -0.1) is 6.42 Å². The van der Waals surface area contributed by atoms with Crippen LogP contribution in [0.15, 0.2) is 34.3 Å². The number of hydrogen-bond donors (Lipinski definition) is 1. The first-order chi connectivity index (χ1) is 11.5. The summed E-state index contributed by atoms with van der Waals surface area (Å²) in [6.45, 7) is 4.23. The zero-order valence-electron chi connectivity index (χ0n) is 13.8. The first-order valence-corrected chi connectivity index (χ1v) is 8.02. The van der Waals surface area contributed by atoms with Crippen molar-refractivity contribution in [3.05, 3.63) is 46.1 Å². The van der Waals surface area contributed by atoms with Gasteiger partial charge in [-0.05, 0) is 19.9 Å². The largest absolute Gasteiger partial charge is 0.327 e. The topological polar surface area (TPSA) is 54.6 Å². The molecule has 0 spiro atoms. The van der Waals surface area contributed by atoms with Gasteiger partial charge in [0.05, 0.1) is 23.5 Å². The molecule has 24 heavy (non-hydrogen) atoms. The zero-order chi connectivity index (χ0) is 17.3. The third kappa shape index (κ3) is 2.93. The molecule has 0 radical (unpaired) electrons. The molecule has 1 aliphatic heterocycles. The van der Waals surface area contributed by atoms with E-state index in [1.165, 1.54) is 0 Å². The Labute approximate surface area is 146 Å². The van der Waals surface area contributed by atoms with Crippen LogP contribution >= 0.6 is 11.6 Å². The summed E-state index contributed by atoms with van der Waals surface area (Å²) < 4.78 is 1.79. The highest BCUT2D eigenvalue weighted by molar-refractivity contribution is 6.36. The molecular weight excluding hydrogens is 322 g/mol. The van der Waals surface area contributed by atoms with E-state index in [-0.39, 0.29) is 6.04 Å². The van der Waals surface area contributed by atoms with Crippen molar-refractivity contribution in [1.29, 1.82) is 0 Å². The van der Waals surface area contributed by atoms with Gasteiger partial charge in [-0.2, -0.15) is 5.10 Å². The van der Waals surface area contributed by atoms with Crippen LogP contribution in [-0.2, 0) is 7.05 Å². The molecule has 2 aromatic rings.